The first-order valence-electron chi connectivity index (χ1n) is 10.3. The molecule has 1 aliphatic rings. The highest BCUT2D eigenvalue weighted by Gasteiger charge is 2.24. The van der Waals surface area contributed by atoms with Crippen LogP contribution in [0.4, 0.5) is 0 Å². The van der Waals surface area contributed by atoms with Crippen molar-refractivity contribution in [3.63, 3.8) is 0 Å². The predicted octanol–water partition coefficient (Wildman–Crippen LogP) is 3.94. The zero-order chi connectivity index (χ0) is 21.3. The highest BCUT2D eigenvalue weighted by molar-refractivity contribution is 7.15. The highest BCUT2D eigenvalue weighted by atomic mass is 32.1. The molecule has 3 heterocycles. The molecule has 0 spiro atoms. The molecule has 8 heteroatoms. The highest BCUT2D eigenvalue weighted by Crippen LogP contribution is 2.33. The summed E-state index contributed by atoms with van der Waals surface area (Å²) >= 11 is 1.58. The van der Waals surface area contributed by atoms with Crippen LogP contribution in [-0.4, -0.2) is 26.9 Å². The quantitative estimate of drug-likeness (QED) is 0.667. The molecule has 3 aromatic heterocycles. The average Bonchev–Trinajstić information content (AvgIpc) is 3.33. The molecule has 158 valence electrons. The van der Waals surface area contributed by atoms with Crippen LogP contribution in [-0.2, 0) is 11.3 Å². The van der Waals surface area contributed by atoms with Gasteiger partial charge in [-0.3, -0.25) is 9.59 Å². The molecule has 30 heavy (non-hydrogen) atoms. The number of thiophene rings is 1. The Morgan fingerprint density at radius 2 is 2.07 bits per heavy atom. The van der Waals surface area contributed by atoms with Crippen molar-refractivity contribution < 1.29 is 9.32 Å². The van der Waals surface area contributed by atoms with E-state index in [1.165, 1.54) is 17.2 Å². The third-order valence-corrected chi connectivity index (χ3v) is 6.62. The maximum Gasteiger partial charge on any atom is 0.268 e. The molecule has 0 aromatic carbocycles. The smallest absolute Gasteiger partial charge is 0.268 e. The van der Waals surface area contributed by atoms with Crippen LogP contribution in [0.15, 0.2) is 33.6 Å². The van der Waals surface area contributed by atoms with Crippen molar-refractivity contribution in [2.24, 2.45) is 5.92 Å². The second-order valence-corrected chi connectivity index (χ2v) is 9.37. The van der Waals surface area contributed by atoms with Gasteiger partial charge < -0.3 is 9.84 Å². The van der Waals surface area contributed by atoms with Crippen molar-refractivity contribution in [1.29, 1.82) is 0 Å². The SMILES string of the molecule is Cc1cc(-c2cc(=O)n(CC(=O)N[C@@H]3CCCC[C@@H]3C)nc2-c2ccc(C)s2)on1. The summed E-state index contributed by atoms with van der Waals surface area (Å²) in [6, 6.07) is 7.39. The molecule has 0 saturated heterocycles. The fourth-order valence-electron chi connectivity index (χ4n) is 3.94. The van der Waals surface area contributed by atoms with Crippen LogP contribution in [0.5, 0.6) is 0 Å². The van der Waals surface area contributed by atoms with Crippen molar-refractivity contribution in [2.45, 2.75) is 59.0 Å². The van der Waals surface area contributed by atoms with E-state index in [1.54, 1.807) is 17.4 Å². The van der Waals surface area contributed by atoms with Crippen LogP contribution in [0.2, 0.25) is 0 Å². The molecule has 1 fully saturated rings. The van der Waals surface area contributed by atoms with E-state index in [9.17, 15) is 9.59 Å². The van der Waals surface area contributed by atoms with E-state index >= 15 is 0 Å². The minimum Gasteiger partial charge on any atom is -0.356 e. The Bertz CT molecular complexity index is 1110. The number of aromatic nitrogens is 3. The Balaban J connectivity index is 1.65. The Morgan fingerprint density at radius 1 is 1.27 bits per heavy atom. The van der Waals surface area contributed by atoms with Gasteiger partial charge >= 0.3 is 0 Å². The molecule has 1 N–H and O–H groups in total. The van der Waals surface area contributed by atoms with Crippen molar-refractivity contribution in [2.75, 3.05) is 0 Å². The fraction of sp³-hybridized carbons (Fsp3) is 0.455. The Hall–Kier alpha value is -2.74. The summed E-state index contributed by atoms with van der Waals surface area (Å²) in [6.45, 7) is 5.91. The third-order valence-electron chi connectivity index (χ3n) is 5.62. The maximum absolute atomic E-state index is 12.8. The summed E-state index contributed by atoms with van der Waals surface area (Å²) in [6.07, 6.45) is 4.44. The van der Waals surface area contributed by atoms with Gasteiger partial charge in [-0.15, -0.1) is 11.3 Å². The van der Waals surface area contributed by atoms with E-state index < -0.39 is 0 Å². The molecule has 4 rings (SSSR count). The average molecular weight is 427 g/mol. The van der Waals surface area contributed by atoms with Crippen LogP contribution in [0.3, 0.4) is 0 Å². The molecular formula is C22H26N4O3S. The molecule has 0 radical (unpaired) electrons. The molecule has 1 saturated carbocycles. The number of aryl methyl sites for hydroxylation is 2. The molecule has 1 aliphatic carbocycles. The van der Waals surface area contributed by atoms with E-state index in [2.05, 4.69) is 22.5 Å². The number of carbonyl (C=O) groups excluding carboxylic acids is 1. The first-order chi connectivity index (χ1) is 14.4. The number of hydrogen-bond acceptors (Lipinski definition) is 6. The molecule has 0 bridgehead atoms. The largest absolute Gasteiger partial charge is 0.356 e. The topological polar surface area (TPSA) is 90.0 Å². The number of nitrogens with one attached hydrogen (secondary N) is 1. The summed E-state index contributed by atoms with van der Waals surface area (Å²) in [5.74, 6) is 0.764. The summed E-state index contributed by atoms with van der Waals surface area (Å²) in [4.78, 5) is 27.5. The molecular weight excluding hydrogens is 400 g/mol. The number of rotatable bonds is 5. The van der Waals surface area contributed by atoms with Gasteiger partial charge in [0.15, 0.2) is 5.76 Å². The Morgan fingerprint density at radius 3 is 2.73 bits per heavy atom. The summed E-state index contributed by atoms with van der Waals surface area (Å²) < 4.78 is 6.63. The van der Waals surface area contributed by atoms with Gasteiger partial charge in [-0.1, -0.05) is 24.9 Å². The predicted molar refractivity (Wildman–Crippen MR) is 116 cm³/mol. The second kappa shape index (κ2) is 8.55. The van der Waals surface area contributed by atoms with Gasteiger partial charge in [-0.2, -0.15) is 5.10 Å². The maximum atomic E-state index is 12.8. The van der Waals surface area contributed by atoms with Crippen molar-refractivity contribution >= 4 is 17.2 Å². The molecule has 7 nitrogen and oxygen atoms in total. The van der Waals surface area contributed by atoms with Crippen molar-refractivity contribution in [3.8, 4) is 21.9 Å². The Labute approximate surface area is 179 Å². The van der Waals surface area contributed by atoms with Crippen LogP contribution in [0.1, 0.15) is 43.2 Å². The third kappa shape index (κ3) is 4.38. The lowest BCUT2D eigenvalue weighted by molar-refractivity contribution is -0.123. The van der Waals surface area contributed by atoms with Crippen LogP contribution < -0.4 is 10.9 Å². The summed E-state index contributed by atoms with van der Waals surface area (Å²) in [5, 5.41) is 11.6. The molecule has 3 aromatic rings. The van der Waals surface area contributed by atoms with Gasteiger partial charge in [0, 0.05) is 23.1 Å². The Kier molecular flexibility index (Phi) is 5.85. The normalized spacial score (nSPS) is 19.0. The van der Waals surface area contributed by atoms with E-state index in [0.717, 1.165) is 34.7 Å². The zero-order valence-electron chi connectivity index (χ0n) is 17.5. The number of nitrogens with zero attached hydrogens (tertiary/aromatic N) is 3. The second-order valence-electron chi connectivity index (χ2n) is 8.08. The zero-order valence-corrected chi connectivity index (χ0v) is 18.3. The molecule has 0 aliphatic heterocycles. The summed E-state index contributed by atoms with van der Waals surface area (Å²) in [5.41, 5.74) is 1.58. The van der Waals surface area contributed by atoms with Gasteiger partial charge in [-0.25, -0.2) is 4.68 Å². The molecule has 1 amide bonds. The fourth-order valence-corrected chi connectivity index (χ4v) is 4.81. The van der Waals surface area contributed by atoms with Gasteiger partial charge in [0.25, 0.3) is 5.56 Å². The molecule has 0 unspecified atom stereocenters. The monoisotopic (exact) mass is 426 g/mol. The number of hydrogen-bond donors (Lipinski definition) is 1. The lowest BCUT2D eigenvalue weighted by Crippen LogP contribution is -2.43. The number of amides is 1. The minimum atomic E-state index is -0.345. The van der Waals surface area contributed by atoms with Crippen molar-refractivity contribution in [1.82, 2.24) is 20.3 Å². The van der Waals surface area contributed by atoms with E-state index in [-0.39, 0.29) is 24.1 Å². The first-order valence-corrected chi connectivity index (χ1v) is 11.1. The van der Waals surface area contributed by atoms with Gasteiger partial charge in [0.2, 0.25) is 5.91 Å². The lowest BCUT2D eigenvalue weighted by atomic mass is 9.86. The number of carbonyl (C=O) groups is 1. The van der Waals surface area contributed by atoms with E-state index in [1.807, 2.05) is 26.0 Å². The van der Waals surface area contributed by atoms with E-state index in [4.69, 9.17) is 4.52 Å². The van der Waals surface area contributed by atoms with Crippen molar-refractivity contribution in [3.05, 3.63) is 45.2 Å². The van der Waals surface area contributed by atoms with Crippen LogP contribution in [0, 0.1) is 19.8 Å². The molecule has 2 atom stereocenters. The van der Waals surface area contributed by atoms with Gasteiger partial charge in [-0.05, 0) is 44.7 Å². The van der Waals surface area contributed by atoms with E-state index in [0.29, 0.717) is 22.9 Å². The van der Waals surface area contributed by atoms with Gasteiger partial charge in [0.1, 0.15) is 12.2 Å². The van der Waals surface area contributed by atoms with Crippen LogP contribution >= 0.6 is 11.3 Å². The first kappa shape index (κ1) is 20.5. The minimum absolute atomic E-state index is 0.102. The van der Waals surface area contributed by atoms with Gasteiger partial charge in [0.05, 0.1) is 16.1 Å². The standard InChI is InChI=1S/C22H26N4O3S/c1-13-6-4-5-7-17(13)23-20(27)12-26-21(28)11-16(18-10-14(2)25-29-18)22(24-26)19-9-8-15(3)30-19/h8-11,13,17H,4-7,12H2,1-3H3,(H,23,27)/t13-,17+/m0/s1. The lowest BCUT2D eigenvalue weighted by Gasteiger charge is -2.29. The summed E-state index contributed by atoms with van der Waals surface area (Å²) in [7, 11) is 0. The van der Waals surface area contributed by atoms with Crippen LogP contribution in [0.25, 0.3) is 21.9 Å².